The number of likely N-dealkylation sites (tertiary alicyclic amines) is 1. The first-order valence-corrected chi connectivity index (χ1v) is 5.39. The molecule has 5 N–H and O–H groups in total. The van der Waals surface area contributed by atoms with Crippen LogP contribution in [0.5, 0.6) is 0 Å². The molecule has 2 amide bonds. The molecule has 92 valence electrons. The van der Waals surface area contributed by atoms with Gasteiger partial charge in [0.15, 0.2) is 0 Å². The van der Waals surface area contributed by atoms with Crippen molar-refractivity contribution in [3.63, 3.8) is 0 Å². The van der Waals surface area contributed by atoms with Crippen molar-refractivity contribution in [3.05, 3.63) is 0 Å². The first-order valence-electron chi connectivity index (χ1n) is 5.39. The summed E-state index contributed by atoms with van der Waals surface area (Å²) in [6.07, 6.45) is 0.773. The molecule has 1 aliphatic rings. The van der Waals surface area contributed by atoms with Gasteiger partial charge in [-0.2, -0.15) is 0 Å². The number of primary amides is 1. The smallest absolute Gasteiger partial charge is 0.240 e. The summed E-state index contributed by atoms with van der Waals surface area (Å²) < 4.78 is 0. The highest BCUT2D eigenvalue weighted by atomic mass is 16.2. The number of nitrogens with two attached hydrogens (primary N) is 2. The largest absolute Gasteiger partial charge is 0.369 e. The summed E-state index contributed by atoms with van der Waals surface area (Å²) in [7, 11) is 0. The van der Waals surface area contributed by atoms with Gasteiger partial charge in [0.05, 0.1) is 11.3 Å². The Hall–Kier alpha value is -1.14. The van der Waals surface area contributed by atoms with E-state index >= 15 is 0 Å². The third-order valence-corrected chi connectivity index (χ3v) is 3.04. The lowest BCUT2D eigenvalue weighted by Crippen LogP contribution is -2.47. The number of carbonyl (C=O) groups is 2. The van der Waals surface area contributed by atoms with Crippen LogP contribution in [0.3, 0.4) is 0 Å². The second kappa shape index (κ2) is 4.80. The summed E-state index contributed by atoms with van der Waals surface area (Å²) in [5.41, 5.74) is 6.85. The molecule has 1 aliphatic heterocycles. The average Bonchev–Trinajstić information content (AvgIpc) is 2.64. The van der Waals surface area contributed by atoms with E-state index in [2.05, 4.69) is 10.3 Å². The van der Waals surface area contributed by atoms with Crippen molar-refractivity contribution >= 4 is 11.8 Å². The molecular weight excluding hydrogens is 208 g/mol. The summed E-state index contributed by atoms with van der Waals surface area (Å²) in [5, 5.41) is 0. The Labute approximate surface area is 95.3 Å². The second-order valence-corrected chi connectivity index (χ2v) is 4.98. The van der Waals surface area contributed by atoms with E-state index in [4.69, 9.17) is 11.6 Å². The van der Waals surface area contributed by atoms with Gasteiger partial charge >= 0.3 is 0 Å². The first kappa shape index (κ1) is 12.9. The van der Waals surface area contributed by atoms with Crippen LogP contribution in [0.25, 0.3) is 0 Å². The maximum absolute atomic E-state index is 11.5. The highest BCUT2D eigenvalue weighted by Gasteiger charge is 2.34. The Morgan fingerprint density at radius 2 is 2.12 bits per heavy atom. The number of nitrogens with zero attached hydrogens (tertiary/aromatic N) is 1. The van der Waals surface area contributed by atoms with Crippen LogP contribution >= 0.6 is 0 Å². The summed E-state index contributed by atoms with van der Waals surface area (Å²) in [6, 6.07) is 0. The third kappa shape index (κ3) is 2.93. The van der Waals surface area contributed by atoms with Crippen molar-refractivity contribution in [2.24, 2.45) is 22.9 Å². The molecule has 6 nitrogen and oxygen atoms in total. The van der Waals surface area contributed by atoms with Gasteiger partial charge in [-0.1, -0.05) is 0 Å². The molecule has 0 bridgehead atoms. The van der Waals surface area contributed by atoms with Crippen molar-refractivity contribution in [3.8, 4) is 0 Å². The van der Waals surface area contributed by atoms with Crippen LogP contribution in [0.4, 0.5) is 0 Å². The molecule has 0 aromatic carbocycles. The molecule has 6 heteroatoms. The van der Waals surface area contributed by atoms with E-state index in [1.807, 2.05) is 13.8 Å². The zero-order chi connectivity index (χ0) is 12.3. The highest BCUT2D eigenvalue weighted by molar-refractivity contribution is 5.81. The van der Waals surface area contributed by atoms with E-state index < -0.39 is 5.41 Å². The fourth-order valence-electron chi connectivity index (χ4n) is 2.03. The summed E-state index contributed by atoms with van der Waals surface area (Å²) >= 11 is 0. The Balaban J connectivity index is 2.50. The van der Waals surface area contributed by atoms with Crippen LogP contribution in [0.1, 0.15) is 20.3 Å². The summed E-state index contributed by atoms with van der Waals surface area (Å²) in [4.78, 5) is 24.6. The molecule has 1 unspecified atom stereocenters. The molecule has 1 atom stereocenters. The third-order valence-electron chi connectivity index (χ3n) is 3.04. The SMILES string of the molecule is CC(C)(CN1CCC(C(N)=O)C1)C(=O)NN. The number of hydrazine groups is 1. The first-order chi connectivity index (χ1) is 7.36. The van der Waals surface area contributed by atoms with Crippen molar-refractivity contribution in [1.29, 1.82) is 0 Å². The maximum Gasteiger partial charge on any atom is 0.240 e. The molecule has 1 rings (SSSR count). The second-order valence-electron chi connectivity index (χ2n) is 4.98. The van der Waals surface area contributed by atoms with E-state index in [9.17, 15) is 9.59 Å². The van der Waals surface area contributed by atoms with Gasteiger partial charge in [-0.25, -0.2) is 5.84 Å². The van der Waals surface area contributed by atoms with E-state index in [-0.39, 0.29) is 17.7 Å². The fourth-order valence-corrected chi connectivity index (χ4v) is 2.03. The number of hydrogen-bond acceptors (Lipinski definition) is 4. The van der Waals surface area contributed by atoms with Gasteiger partial charge in [-0.15, -0.1) is 0 Å². The number of amides is 2. The Morgan fingerprint density at radius 1 is 1.50 bits per heavy atom. The van der Waals surface area contributed by atoms with E-state index in [1.165, 1.54) is 0 Å². The van der Waals surface area contributed by atoms with Gasteiger partial charge < -0.3 is 10.6 Å². The molecular formula is C10H20N4O2. The van der Waals surface area contributed by atoms with Gasteiger partial charge in [-0.3, -0.25) is 15.0 Å². The van der Waals surface area contributed by atoms with Crippen molar-refractivity contribution < 1.29 is 9.59 Å². The molecule has 0 aromatic rings. The lowest BCUT2D eigenvalue weighted by atomic mass is 9.92. The van der Waals surface area contributed by atoms with Crippen LogP contribution in [0, 0.1) is 11.3 Å². The van der Waals surface area contributed by atoms with Crippen molar-refractivity contribution in [2.75, 3.05) is 19.6 Å². The number of rotatable bonds is 4. The topological polar surface area (TPSA) is 101 Å². The van der Waals surface area contributed by atoms with E-state index in [0.717, 1.165) is 13.0 Å². The molecule has 0 saturated carbocycles. The Kier molecular flexibility index (Phi) is 3.88. The van der Waals surface area contributed by atoms with E-state index in [0.29, 0.717) is 13.1 Å². The van der Waals surface area contributed by atoms with Gasteiger partial charge in [0.1, 0.15) is 0 Å². The summed E-state index contributed by atoms with van der Waals surface area (Å²) in [6.45, 7) is 5.67. The van der Waals surface area contributed by atoms with Crippen LogP contribution in [0.2, 0.25) is 0 Å². The normalized spacial score (nSPS) is 22.1. The molecule has 0 aliphatic carbocycles. The Bertz CT molecular complexity index is 291. The van der Waals surface area contributed by atoms with Crippen LogP contribution in [0.15, 0.2) is 0 Å². The van der Waals surface area contributed by atoms with Crippen LogP contribution in [-0.4, -0.2) is 36.3 Å². The molecule has 1 heterocycles. The average molecular weight is 228 g/mol. The zero-order valence-electron chi connectivity index (χ0n) is 9.82. The molecule has 0 aromatic heterocycles. The molecule has 16 heavy (non-hydrogen) atoms. The zero-order valence-corrected chi connectivity index (χ0v) is 9.82. The van der Waals surface area contributed by atoms with Crippen LogP contribution < -0.4 is 17.0 Å². The monoisotopic (exact) mass is 228 g/mol. The minimum absolute atomic E-state index is 0.0864. The standard InChI is InChI=1S/C10H20N4O2/c1-10(2,9(16)13-12)6-14-4-3-7(5-14)8(11)15/h7H,3-6,12H2,1-2H3,(H2,11,15)(H,13,16). The number of nitrogens with one attached hydrogen (secondary N) is 1. The highest BCUT2D eigenvalue weighted by Crippen LogP contribution is 2.22. The predicted molar refractivity (Wildman–Crippen MR) is 59.9 cm³/mol. The molecule has 1 saturated heterocycles. The fraction of sp³-hybridized carbons (Fsp3) is 0.800. The van der Waals surface area contributed by atoms with Gasteiger partial charge in [0.2, 0.25) is 11.8 Å². The van der Waals surface area contributed by atoms with Crippen molar-refractivity contribution in [1.82, 2.24) is 10.3 Å². The molecule has 0 radical (unpaired) electrons. The summed E-state index contributed by atoms with van der Waals surface area (Å²) in [5.74, 6) is 4.57. The lowest BCUT2D eigenvalue weighted by molar-refractivity contribution is -0.130. The van der Waals surface area contributed by atoms with Gasteiger partial charge in [0, 0.05) is 13.1 Å². The van der Waals surface area contributed by atoms with Crippen molar-refractivity contribution in [2.45, 2.75) is 20.3 Å². The predicted octanol–water partition coefficient (Wildman–Crippen LogP) is -1.19. The minimum atomic E-state index is -0.554. The quantitative estimate of drug-likeness (QED) is 0.320. The lowest BCUT2D eigenvalue weighted by Gasteiger charge is -2.28. The number of carbonyl (C=O) groups excluding carboxylic acids is 2. The minimum Gasteiger partial charge on any atom is -0.369 e. The Morgan fingerprint density at radius 3 is 2.56 bits per heavy atom. The molecule has 1 fully saturated rings. The van der Waals surface area contributed by atoms with E-state index in [1.54, 1.807) is 0 Å². The van der Waals surface area contributed by atoms with Crippen LogP contribution in [-0.2, 0) is 9.59 Å². The van der Waals surface area contributed by atoms with Gasteiger partial charge in [-0.05, 0) is 26.8 Å². The maximum atomic E-state index is 11.5. The van der Waals surface area contributed by atoms with Gasteiger partial charge in [0.25, 0.3) is 0 Å². The number of hydrogen-bond donors (Lipinski definition) is 3. The molecule has 0 spiro atoms.